The fourth-order valence-corrected chi connectivity index (χ4v) is 6.09. The molecule has 8 rings (SSSR count). The van der Waals surface area contributed by atoms with Gasteiger partial charge in [0.05, 0.1) is 17.9 Å². The van der Waals surface area contributed by atoms with Gasteiger partial charge in [0.2, 0.25) is 0 Å². The number of imidazole rings is 1. The molecule has 1 aromatic heterocycles. The third-order valence-electron chi connectivity index (χ3n) is 7.97. The van der Waals surface area contributed by atoms with E-state index in [0.717, 1.165) is 33.0 Å². The number of benzene rings is 7. The first-order valence-corrected chi connectivity index (χ1v) is 14.0. The number of hydrogen-bond donors (Lipinski definition) is 0. The van der Waals surface area contributed by atoms with Crippen LogP contribution in [-0.4, -0.2) is 9.55 Å². The number of para-hydroxylation sites is 2. The Balaban J connectivity index is 1.42. The summed E-state index contributed by atoms with van der Waals surface area (Å²) in [4.78, 5) is 4.45. The van der Waals surface area contributed by atoms with Crippen molar-refractivity contribution in [1.82, 2.24) is 9.55 Å². The third-order valence-corrected chi connectivity index (χ3v) is 7.97. The highest BCUT2D eigenvalue weighted by Crippen LogP contribution is 2.45. The first-order chi connectivity index (χ1) is 25.3. The average molecular weight is 561 g/mol. The van der Waals surface area contributed by atoms with Gasteiger partial charge in [-0.1, -0.05) is 128 Å². The van der Waals surface area contributed by atoms with Gasteiger partial charge >= 0.3 is 0 Å². The van der Waals surface area contributed by atoms with Gasteiger partial charge in [0.15, 0.2) is 0 Å². The summed E-state index contributed by atoms with van der Waals surface area (Å²) in [5, 5.41) is 3.01. The summed E-state index contributed by atoms with van der Waals surface area (Å²) < 4.78 is 85.8. The van der Waals surface area contributed by atoms with E-state index < -0.39 is 31.4 Å². The van der Waals surface area contributed by atoms with Gasteiger partial charge in [0.1, 0.15) is 5.82 Å². The van der Waals surface area contributed by atoms with E-state index in [1.807, 2.05) is 97.1 Å². The molecule has 0 spiro atoms. The molecule has 0 aliphatic carbocycles. The molecule has 2 heteroatoms. The molecule has 0 unspecified atom stereocenters. The van der Waals surface area contributed by atoms with Crippen molar-refractivity contribution < 1.29 is 13.7 Å². The molecule has 0 saturated carbocycles. The van der Waals surface area contributed by atoms with Gasteiger partial charge in [-0.05, 0) is 85.3 Å². The zero-order valence-corrected chi connectivity index (χ0v) is 22.9. The molecule has 0 atom stereocenters. The van der Waals surface area contributed by atoms with E-state index in [1.165, 1.54) is 0 Å². The minimum atomic E-state index is -2.97. The van der Waals surface area contributed by atoms with Crippen molar-refractivity contribution in [2.75, 3.05) is 0 Å². The van der Waals surface area contributed by atoms with Crippen LogP contribution in [0, 0.1) is 0 Å². The van der Waals surface area contributed by atoms with Crippen molar-refractivity contribution in [3.8, 4) is 39.1 Å². The number of nitrogens with zero attached hydrogens (tertiary/aromatic N) is 2. The van der Waals surface area contributed by atoms with Crippen molar-refractivity contribution in [2.24, 2.45) is 0 Å². The highest BCUT2D eigenvalue weighted by Gasteiger charge is 2.18. The quantitative estimate of drug-likeness (QED) is 0.191. The van der Waals surface area contributed by atoms with Gasteiger partial charge in [0, 0.05) is 18.9 Å². The molecule has 1 heterocycles. The fourth-order valence-electron chi connectivity index (χ4n) is 6.09. The van der Waals surface area contributed by atoms with Crippen LogP contribution < -0.4 is 0 Å². The van der Waals surface area contributed by atoms with Gasteiger partial charge in [-0.15, -0.1) is 0 Å². The molecule has 0 aliphatic rings. The second-order valence-electron chi connectivity index (χ2n) is 10.4. The van der Waals surface area contributed by atoms with E-state index in [1.54, 1.807) is 28.8 Å². The summed E-state index contributed by atoms with van der Waals surface area (Å²) in [6, 6.07) is 36.1. The Hall–Kier alpha value is -5.47. The predicted molar refractivity (Wildman–Crippen MR) is 182 cm³/mol. The largest absolute Gasteiger partial charge is 0.296 e. The zero-order chi connectivity index (χ0) is 37.4. The van der Waals surface area contributed by atoms with Crippen LogP contribution >= 0.6 is 0 Å². The smallest absolute Gasteiger partial charge is 0.114 e. The minimum absolute atomic E-state index is 0.118. The topological polar surface area (TPSA) is 17.8 Å². The second-order valence-corrected chi connectivity index (χ2v) is 10.4. The lowest BCUT2D eigenvalue weighted by Crippen LogP contribution is -2.00. The number of aryl methyl sites for hydroxylation is 1. The monoisotopic (exact) mass is 560 g/mol. The minimum Gasteiger partial charge on any atom is -0.296 e. The summed E-state index contributed by atoms with van der Waals surface area (Å²) >= 11 is 0. The molecule has 204 valence electrons. The van der Waals surface area contributed by atoms with Crippen molar-refractivity contribution >= 4 is 32.6 Å². The van der Waals surface area contributed by atoms with Crippen LogP contribution in [0.2, 0.25) is 0 Å². The maximum absolute atomic E-state index is 8.97. The molecule has 0 saturated heterocycles. The van der Waals surface area contributed by atoms with Crippen LogP contribution in [0.4, 0.5) is 0 Å². The first-order valence-electron chi connectivity index (χ1n) is 19.0. The SMILES string of the molecule is [2H]c1c([2H])c([2H])c(-c2c3ccccc3c(-c3ccc(-n4c(C([2H])([2H])C([2H])([2H])[2H])nc5ccccc54)cc3)c3ccc(-c4ccccc4)cc23)c([2H])c1[2H]. The predicted octanol–water partition coefficient (Wildman–Crippen LogP) is 10.9. The second kappa shape index (κ2) is 10.4. The molecule has 0 amide bonds. The first kappa shape index (κ1) is 16.8. The molecule has 8 aromatic rings. The Kier molecular flexibility index (Phi) is 4.08. The zero-order valence-electron chi connectivity index (χ0n) is 32.9. The van der Waals surface area contributed by atoms with E-state index in [9.17, 15) is 0 Å². The molecule has 0 radical (unpaired) electrons. The summed E-state index contributed by atoms with van der Waals surface area (Å²) in [5.74, 6) is -0.223. The number of hydrogen-bond acceptors (Lipinski definition) is 1. The van der Waals surface area contributed by atoms with Crippen LogP contribution in [0.15, 0.2) is 152 Å². The van der Waals surface area contributed by atoms with Crippen LogP contribution in [-0.2, 0) is 6.37 Å². The maximum Gasteiger partial charge on any atom is 0.114 e. The Labute approximate surface area is 265 Å². The van der Waals surface area contributed by atoms with E-state index in [2.05, 4.69) is 4.98 Å². The maximum atomic E-state index is 8.97. The van der Waals surface area contributed by atoms with Crippen molar-refractivity contribution in [2.45, 2.75) is 13.2 Å². The van der Waals surface area contributed by atoms with Crippen LogP contribution in [0.25, 0.3) is 71.6 Å². The normalized spacial score (nSPS) is 15.4. The molecule has 0 bridgehead atoms. The Morgan fingerprint density at radius 2 is 1.26 bits per heavy atom. The van der Waals surface area contributed by atoms with Crippen LogP contribution in [0.3, 0.4) is 0 Å². The molecule has 43 heavy (non-hydrogen) atoms. The lowest BCUT2D eigenvalue weighted by molar-refractivity contribution is 0.908. The van der Waals surface area contributed by atoms with E-state index in [0.29, 0.717) is 33.1 Å². The Bertz CT molecular complexity index is 2710. The van der Waals surface area contributed by atoms with E-state index >= 15 is 0 Å². The summed E-state index contributed by atoms with van der Waals surface area (Å²) in [6.07, 6.45) is -2.74. The highest BCUT2D eigenvalue weighted by atomic mass is 15.1. The summed E-state index contributed by atoms with van der Waals surface area (Å²) in [6.45, 7) is -2.97. The standard InChI is InChI=1S/C41H30N2/c1-2-39-42-37-19-11-12-20-38(37)43(39)32-24-21-30(22-25-32)40-33-17-9-10-18-34(33)41(29-15-7-4-8-16-29)36-27-31(23-26-35(36)40)28-13-5-3-6-14-28/h3-27H,2H2,1H3/i1D3,2D2,4D,7D,8D,15D,16D. The Morgan fingerprint density at radius 3 is 2.02 bits per heavy atom. The summed E-state index contributed by atoms with van der Waals surface area (Å²) in [7, 11) is 0. The fraction of sp³-hybridized carbons (Fsp3) is 0.0488. The van der Waals surface area contributed by atoms with Gasteiger partial charge in [-0.25, -0.2) is 4.98 Å². The third kappa shape index (κ3) is 4.23. The lowest BCUT2D eigenvalue weighted by Gasteiger charge is -2.19. The van der Waals surface area contributed by atoms with Crippen molar-refractivity contribution in [1.29, 1.82) is 0 Å². The van der Waals surface area contributed by atoms with Gasteiger partial charge in [0.25, 0.3) is 0 Å². The van der Waals surface area contributed by atoms with E-state index in [-0.39, 0.29) is 23.5 Å². The molecule has 2 nitrogen and oxygen atoms in total. The molecular formula is C41H30N2. The molecular weight excluding hydrogens is 520 g/mol. The number of fused-ring (bicyclic) bond motifs is 3. The molecule has 0 N–H and O–H groups in total. The van der Waals surface area contributed by atoms with Gasteiger partial charge in [-0.2, -0.15) is 0 Å². The van der Waals surface area contributed by atoms with Gasteiger partial charge < -0.3 is 0 Å². The molecule has 0 aliphatic heterocycles. The van der Waals surface area contributed by atoms with Crippen LogP contribution in [0.5, 0.6) is 0 Å². The molecule has 7 aromatic carbocycles. The highest BCUT2D eigenvalue weighted by molar-refractivity contribution is 6.22. The lowest BCUT2D eigenvalue weighted by atomic mass is 9.85. The Morgan fingerprint density at radius 1 is 0.605 bits per heavy atom. The molecule has 0 fully saturated rings. The van der Waals surface area contributed by atoms with Crippen molar-refractivity contribution in [3.63, 3.8) is 0 Å². The van der Waals surface area contributed by atoms with Crippen LogP contribution in [0.1, 0.15) is 26.4 Å². The summed E-state index contributed by atoms with van der Waals surface area (Å²) in [5.41, 5.74) is 5.73. The average Bonchev–Trinajstić information content (AvgIpc) is 3.56. The van der Waals surface area contributed by atoms with Crippen molar-refractivity contribution in [3.05, 3.63) is 157 Å². The number of aromatic nitrogens is 2. The van der Waals surface area contributed by atoms with Gasteiger partial charge in [-0.3, -0.25) is 4.57 Å². The number of rotatable bonds is 5. The van der Waals surface area contributed by atoms with E-state index in [4.69, 9.17) is 13.7 Å².